The Labute approximate surface area is 163 Å². The minimum Gasteiger partial charge on any atom is -0.324 e. The summed E-state index contributed by atoms with van der Waals surface area (Å²) in [7, 11) is 0. The van der Waals surface area contributed by atoms with Crippen LogP contribution in [0.4, 0.5) is 10.5 Å². The Balaban J connectivity index is 1.49. The van der Waals surface area contributed by atoms with Gasteiger partial charge in [0.1, 0.15) is 12.1 Å². The minimum atomic E-state index is -0.940. The summed E-state index contributed by atoms with van der Waals surface area (Å²) in [5.41, 5.74) is 3.99. The predicted molar refractivity (Wildman–Crippen MR) is 106 cm³/mol. The lowest BCUT2D eigenvalue weighted by Gasteiger charge is -2.32. The molecule has 1 saturated heterocycles. The highest BCUT2D eigenvalue weighted by molar-refractivity contribution is 6.10. The van der Waals surface area contributed by atoms with E-state index in [-0.39, 0.29) is 18.4 Å². The van der Waals surface area contributed by atoms with Gasteiger partial charge in [-0.05, 0) is 55.0 Å². The quantitative estimate of drug-likeness (QED) is 0.808. The number of anilines is 1. The van der Waals surface area contributed by atoms with Crippen LogP contribution in [0.2, 0.25) is 0 Å². The van der Waals surface area contributed by atoms with Gasteiger partial charge in [-0.25, -0.2) is 4.79 Å². The third kappa shape index (κ3) is 3.15. The molecule has 2 aromatic rings. The number of nitrogens with one attached hydrogen (secondary N) is 2. The molecule has 28 heavy (non-hydrogen) atoms. The van der Waals surface area contributed by atoms with Crippen molar-refractivity contribution in [3.8, 4) is 0 Å². The molecular weight excluding hydrogens is 354 g/mol. The van der Waals surface area contributed by atoms with Gasteiger partial charge in [0.05, 0.1) is 0 Å². The summed E-state index contributed by atoms with van der Waals surface area (Å²) in [5.74, 6) is -0.700. The molecule has 2 N–H and O–H groups in total. The molecule has 4 amide bonds. The van der Waals surface area contributed by atoms with Crippen LogP contribution in [0.25, 0.3) is 0 Å². The van der Waals surface area contributed by atoms with E-state index in [0.29, 0.717) is 18.5 Å². The number of fused-ring (bicyclic) bond motifs is 1. The summed E-state index contributed by atoms with van der Waals surface area (Å²) in [4.78, 5) is 39.1. The molecule has 0 bridgehead atoms. The first-order valence-electron chi connectivity index (χ1n) is 9.46. The second-order valence-electron chi connectivity index (χ2n) is 7.72. The highest BCUT2D eigenvalue weighted by Crippen LogP contribution is 2.33. The molecule has 2 aliphatic rings. The van der Waals surface area contributed by atoms with Gasteiger partial charge in [-0.1, -0.05) is 36.4 Å². The zero-order valence-corrected chi connectivity index (χ0v) is 16.0. The van der Waals surface area contributed by atoms with Gasteiger partial charge in [-0.15, -0.1) is 0 Å². The molecule has 1 unspecified atom stereocenters. The summed E-state index contributed by atoms with van der Waals surface area (Å²) in [6.45, 7) is 3.55. The third-order valence-corrected chi connectivity index (χ3v) is 5.65. The smallest absolute Gasteiger partial charge is 0.324 e. The van der Waals surface area contributed by atoms with Crippen LogP contribution >= 0.6 is 0 Å². The molecule has 1 atom stereocenters. The maximum Gasteiger partial charge on any atom is 0.325 e. The number of imide groups is 1. The number of rotatable bonds is 3. The van der Waals surface area contributed by atoms with E-state index in [9.17, 15) is 14.4 Å². The fourth-order valence-electron chi connectivity index (χ4n) is 4.05. The SMILES string of the molecule is Cc1ccc(C)c(NC(=O)CN2C(=O)NC3(CCc4ccccc4C3)C2=O)c1. The van der Waals surface area contributed by atoms with Crippen LogP contribution in [0.15, 0.2) is 42.5 Å². The van der Waals surface area contributed by atoms with Crippen LogP contribution < -0.4 is 10.6 Å². The first-order valence-corrected chi connectivity index (χ1v) is 9.46. The van der Waals surface area contributed by atoms with Crippen LogP contribution in [0.5, 0.6) is 0 Å². The zero-order valence-electron chi connectivity index (χ0n) is 16.0. The van der Waals surface area contributed by atoms with Crippen LogP contribution in [-0.4, -0.2) is 34.8 Å². The van der Waals surface area contributed by atoms with E-state index in [4.69, 9.17) is 0 Å². The number of hydrogen-bond donors (Lipinski definition) is 2. The number of amides is 4. The highest BCUT2D eigenvalue weighted by Gasteiger charge is 2.52. The average Bonchev–Trinajstić information content (AvgIpc) is 2.88. The van der Waals surface area contributed by atoms with Crippen molar-refractivity contribution in [3.05, 3.63) is 64.7 Å². The Morgan fingerprint density at radius 1 is 1.14 bits per heavy atom. The highest BCUT2D eigenvalue weighted by atomic mass is 16.2. The summed E-state index contributed by atoms with van der Waals surface area (Å²) in [6, 6.07) is 13.2. The Morgan fingerprint density at radius 2 is 1.89 bits per heavy atom. The maximum atomic E-state index is 13.1. The molecule has 0 radical (unpaired) electrons. The number of aryl methyl sites for hydroxylation is 3. The van der Waals surface area contributed by atoms with Crippen LogP contribution in [0, 0.1) is 13.8 Å². The first kappa shape index (κ1) is 18.2. The lowest BCUT2D eigenvalue weighted by atomic mass is 9.78. The molecule has 1 aliphatic carbocycles. The average molecular weight is 377 g/mol. The van der Waals surface area contributed by atoms with E-state index in [1.807, 2.05) is 50.2 Å². The maximum absolute atomic E-state index is 13.1. The molecule has 4 rings (SSSR count). The second-order valence-corrected chi connectivity index (χ2v) is 7.72. The number of benzene rings is 2. The molecular formula is C22H23N3O3. The van der Waals surface area contributed by atoms with Gasteiger partial charge in [-0.2, -0.15) is 0 Å². The van der Waals surface area contributed by atoms with Crippen molar-refractivity contribution in [2.24, 2.45) is 0 Å². The van der Waals surface area contributed by atoms with Crippen molar-refractivity contribution in [1.82, 2.24) is 10.2 Å². The molecule has 6 nitrogen and oxygen atoms in total. The Bertz CT molecular complexity index is 985. The number of urea groups is 1. The van der Waals surface area contributed by atoms with E-state index in [0.717, 1.165) is 28.0 Å². The molecule has 2 aromatic carbocycles. The standard InChI is InChI=1S/C22H23N3O3/c1-14-7-8-15(2)18(11-14)23-19(26)13-25-20(27)22(24-21(25)28)10-9-16-5-3-4-6-17(16)12-22/h3-8,11H,9-10,12-13H2,1-2H3,(H,23,26)(H,24,28). The van der Waals surface area contributed by atoms with E-state index in [2.05, 4.69) is 16.7 Å². The van der Waals surface area contributed by atoms with Gasteiger partial charge < -0.3 is 10.6 Å². The topological polar surface area (TPSA) is 78.5 Å². The fourth-order valence-corrected chi connectivity index (χ4v) is 4.05. The molecule has 1 heterocycles. The van der Waals surface area contributed by atoms with Crippen molar-refractivity contribution in [2.75, 3.05) is 11.9 Å². The Morgan fingerprint density at radius 3 is 2.68 bits per heavy atom. The summed E-state index contributed by atoms with van der Waals surface area (Å²) < 4.78 is 0. The summed E-state index contributed by atoms with van der Waals surface area (Å²) in [6.07, 6.45) is 1.73. The van der Waals surface area contributed by atoms with Gasteiger partial charge in [-0.3, -0.25) is 14.5 Å². The molecule has 6 heteroatoms. The van der Waals surface area contributed by atoms with Crippen LogP contribution in [0.3, 0.4) is 0 Å². The largest absolute Gasteiger partial charge is 0.325 e. The van der Waals surface area contributed by atoms with E-state index < -0.39 is 11.6 Å². The predicted octanol–water partition coefficient (Wildman–Crippen LogP) is 2.72. The van der Waals surface area contributed by atoms with E-state index >= 15 is 0 Å². The van der Waals surface area contributed by atoms with Crippen molar-refractivity contribution in [3.63, 3.8) is 0 Å². The lowest BCUT2D eigenvalue weighted by Crippen LogP contribution is -2.51. The Kier molecular flexibility index (Phi) is 4.41. The number of nitrogens with zero attached hydrogens (tertiary/aromatic N) is 1. The van der Waals surface area contributed by atoms with Gasteiger partial charge >= 0.3 is 6.03 Å². The number of carbonyl (C=O) groups is 3. The molecule has 0 aromatic heterocycles. The van der Waals surface area contributed by atoms with Crippen LogP contribution in [0.1, 0.15) is 28.7 Å². The molecule has 1 aliphatic heterocycles. The zero-order chi connectivity index (χ0) is 19.9. The van der Waals surface area contributed by atoms with E-state index in [1.165, 1.54) is 5.56 Å². The van der Waals surface area contributed by atoms with Crippen molar-refractivity contribution >= 4 is 23.5 Å². The lowest BCUT2D eigenvalue weighted by molar-refractivity contribution is -0.134. The van der Waals surface area contributed by atoms with Crippen molar-refractivity contribution < 1.29 is 14.4 Å². The van der Waals surface area contributed by atoms with E-state index in [1.54, 1.807) is 0 Å². The molecule has 144 valence electrons. The van der Waals surface area contributed by atoms with Crippen molar-refractivity contribution in [1.29, 1.82) is 0 Å². The molecule has 1 spiro atoms. The Hall–Kier alpha value is -3.15. The van der Waals surface area contributed by atoms with Gasteiger partial charge in [0, 0.05) is 12.1 Å². The van der Waals surface area contributed by atoms with Gasteiger partial charge in [0.15, 0.2) is 0 Å². The number of carbonyl (C=O) groups excluding carboxylic acids is 3. The van der Waals surface area contributed by atoms with Crippen molar-refractivity contribution in [2.45, 2.75) is 38.6 Å². The van der Waals surface area contributed by atoms with Crippen LogP contribution in [-0.2, 0) is 22.4 Å². The fraction of sp³-hybridized carbons (Fsp3) is 0.318. The number of hydrogen-bond acceptors (Lipinski definition) is 3. The minimum absolute atomic E-state index is 0.290. The first-order chi connectivity index (χ1) is 13.4. The normalized spacial score (nSPS) is 20.9. The molecule has 0 saturated carbocycles. The monoisotopic (exact) mass is 377 g/mol. The third-order valence-electron chi connectivity index (χ3n) is 5.65. The van der Waals surface area contributed by atoms with Gasteiger partial charge in [0.2, 0.25) is 5.91 Å². The summed E-state index contributed by atoms with van der Waals surface area (Å²) >= 11 is 0. The summed E-state index contributed by atoms with van der Waals surface area (Å²) in [5, 5.41) is 5.67. The second kappa shape index (κ2) is 6.78. The molecule has 1 fully saturated rings. The van der Waals surface area contributed by atoms with Gasteiger partial charge in [0.25, 0.3) is 5.91 Å².